The van der Waals surface area contributed by atoms with E-state index in [2.05, 4.69) is 10.6 Å². The van der Waals surface area contributed by atoms with Gasteiger partial charge in [0, 0.05) is 37.4 Å². The van der Waals surface area contributed by atoms with E-state index in [0.717, 1.165) is 26.6 Å². The topological polar surface area (TPSA) is 93.5 Å². The Labute approximate surface area is 227 Å². The number of hydrogen-bond acceptors (Lipinski definition) is 5. The number of anilines is 3. The number of nitrogen functional groups attached to an aromatic ring is 1. The van der Waals surface area contributed by atoms with Gasteiger partial charge in [-0.1, -0.05) is 58.2 Å². The second-order valence-corrected chi connectivity index (χ2v) is 11.6. The fraction of sp³-hybridized carbons (Fsp3) is 0.167. The van der Waals surface area contributed by atoms with Gasteiger partial charge in [0.1, 0.15) is 6.61 Å². The second kappa shape index (κ2) is 11.6. The highest BCUT2D eigenvalue weighted by atomic mass is 35.6. The normalized spacial score (nSPS) is 11.1. The molecule has 0 saturated heterocycles. The van der Waals surface area contributed by atoms with Gasteiger partial charge in [-0.3, -0.25) is 10.1 Å². The SMILES string of the molecule is Cc1cc(Cl)cc(C)c1NC(=O)c1ccc(Sc2ccc(NC(=O)OCC(Cl)(Cl)Cl)cc2)c(N)c1. The molecule has 0 unspecified atom stereocenters. The van der Waals surface area contributed by atoms with Gasteiger partial charge in [-0.2, -0.15) is 0 Å². The molecule has 35 heavy (non-hydrogen) atoms. The number of hydrogen-bond donors (Lipinski definition) is 3. The van der Waals surface area contributed by atoms with Crippen molar-refractivity contribution >= 4 is 87.2 Å². The molecule has 0 aliphatic rings. The number of nitrogens with two attached hydrogens (primary N) is 1. The van der Waals surface area contributed by atoms with Crippen molar-refractivity contribution in [3.05, 3.63) is 76.3 Å². The van der Waals surface area contributed by atoms with Crippen LogP contribution in [0.25, 0.3) is 0 Å². The van der Waals surface area contributed by atoms with Crippen molar-refractivity contribution in [2.75, 3.05) is 23.0 Å². The lowest BCUT2D eigenvalue weighted by Gasteiger charge is -2.13. The van der Waals surface area contributed by atoms with E-state index in [0.29, 0.717) is 22.0 Å². The zero-order valence-corrected chi connectivity index (χ0v) is 22.5. The maximum Gasteiger partial charge on any atom is 0.411 e. The number of carbonyl (C=O) groups excluding carboxylic acids is 2. The molecule has 3 aromatic rings. The number of carbonyl (C=O) groups is 2. The Bertz CT molecular complexity index is 1220. The van der Waals surface area contributed by atoms with E-state index < -0.39 is 9.89 Å². The summed E-state index contributed by atoms with van der Waals surface area (Å²) in [6.07, 6.45) is -0.737. The molecule has 2 amide bonds. The fourth-order valence-electron chi connectivity index (χ4n) is 3.11. The molecule has 0 fully saturated rings. The average Bonchev–Trinajstić information content (AvgIpc) is 2.77. The van der Waals surface area contributed by atoms with Crippen molar-refractivity contribution in [2.24, 2.45) is 0 Å². The molecular formula is C24H21Cl4N3O3S. The van der Waals surface area contributed by atoms with Gasteiger partial charge in [-0.25, -0.2) is 4.79 Å². The molecule has 4 N–H and O–H groups in total. The molecule has 0 radical (unpaired) electrons. The fourth-order valence-corrected chi connectivity index (χ4v) is 4.44. The molecule has 0 atom stereocenters. The van der Waals surface area contributed by atoms with E-state index in [9.17, 15) is 9.59 Å². The summed E-state index contributed by atoms with van der Waals surface area (Å²) >= 11 is 24.2. The summed E-state index contributed by atoms with van der Waals surface area (Å²) in [4.78, 5) is 26.2. The molecule has 0 aliphatic heterocycles. The van der Waals surface area contributed by atoms with E-state index in [1.54, 1.807) is 54.6 Å². The highest BCUT2D eigenvalue weighted by molar-refractivity contribution is 7.99. The largest absolute Gasteiger partial charge is 0.445 e. The van der Waals surface area contributed by atoms with Crippen LogP contribution in [-0.4, -0.2) is 22.4 Å². The van der Waals surface area contributed by atoms with E-state index in [1.807, 2.05) is 13.8 Å². The number of rotatable bonds is 6. The third-order valence-corrected chi connectivity index (χ3v) is 6.35. The second-order valence-electron chi connectivity index (χ2n) is 7.56. The van der Waals surface area contributed by atoms with Crippen LogP contribution in [0.3, 0.4) is 0 Å². The molecular weight excluding hydrogens is 552 g/mol. The summed E-state index contributed by atoms with van der Waals surface area (Å²) in [6, 6.07) is 15.7. The van der Waals surface area contributed by atoms with Gasteiger partial charge in [-0.05, 0) is 79.6 Å². The van der Waals surface area contributed by atoms with Gasteiger partial charge >= 0.3 is 6.09 Å². The van der Waals surface area contributed by atoms with Crippen LogP contribution < -0.4 is 16.4 Å². The number of alkyl halides is 3. The average molecular weight is 573 g/mol. The third kappa shape index (κ3) is 8.12. The quantitative estimate of drug-likeness (QED) is 0.206. The molecule has 0 aliphatic carbocycles. The molecule has 0 saturated carbocycles. The molecule has 0 heterocycles. The number of amides is 2. The maximum atomic E-state index is 12.8. The van der Waals surface area contributed by atoms with Crippen LogP contribution in [-0.2, 0) is 4.74 Å². The predicted octanol–water partition coefficient (Wildman–Crippen LogP) is 7.86. The Morgan fingerprint density at radius 3 is 2.17 bits per heavy atom. The minimum atomic E-state index is -1.68. The summed E-state index contributed by atoms with van der Waals surface area (Å²) < 4.78 is 3.15. The van der Waals surface area contributed by atoms with E-state index in [-0.39, 0.29) is 12.5 Å². The first-order chi connectivity index (χ1) is 16.4. The van der Waals surface area contributed by atoms with Gasteiger partial charge in [0.2, 0.25) is 3.79 Å². The summed E-state index contributed by atoms with van der Waals surface area (Å²) in [5.41, 5.74) is 10.1. The Kier molecular flexibility index (Phi) is 9.07. The van der Waals surface area contributed by atoms with Gasteiger partial charge < -0.3 is 15.8 Å². The van der Waals surface area contributed by atoms with Crippen molar-refractivity contribution in [3.8, 4) is 0 Å². The van der Waals surface area contributed by atoms with Gasteiger partial charge in [-0.15, -0.1) is 0 Å². The van der Waals surface area contributed by atoms with Crippen LogP contribution in [0.1, 0.15) is 21.5 Å². The Morgan fingerprint density at radius 2 is 1.60 bits per heavy atom. The maximum absolute atomic E-state index is 12.8. The highest BCUT2D eigenvalue weighted by Crippen LogP contribution is 2.34. The minimum Gasteiger partial charge on any atom is -0.445 e. The lowest BCUT2D eigenvalue weighted by atomic mass is 10.1. The molecule has 0 bridgehead atoms. The molecule has 3 rings (SSSR count). The smallest absolute Gasteiger partial charge is 0.411 e. The van der Waals surface area contributed by atoms with Crippen molar-refractivity contribution in [1.29, 1.82) is 0 Å². The molecule has 184 valence electrons. The summed E-state index contributed by atoms with van der Waals surface area (Å²) in [5.74, 6) is -0.265. The van der Waals surface area contributed by atoms with Crippen molar-refractivity contribution in [2.45, 2.75) is 27.4 Å². The molecule has 0 aromatic heterocycles. The van der Waals surface area contributed by atoms with E-state index in [4.69, 9.17) is 56.9 Å². The Balaban J connectivity index is 1.63. The van der Waals surface area contributed by atoms with Crippen molar-refractivity contribution < 1.29 is 14.3 Å². The Morgan fingerprint density at radius 1 is 0.971 bits per heavy atom. The first-order valence-electron chi connectivity index (χ1n) is 10.2. The number of halogens is 4. The summed E-state index contributed by atoms with van der Waals surface area (Å²) in [6.45, 7) is 3.40. The van der Waals surface area contributed by atoms with Crippen molar-refractivity contribution in [3.63, 3.8) is 0 Å². The van der Waals surface area contributed by atoms with Crippen LogP contribution in [0, 0.1) is 13.8 Å². The van der Waals surface area contributed by atoms with Crippen molar-refractivity contribution in [1.82, 2.24) is 0 Å². The van der Waals surface area contributed by atoms with Gasteiger partial charge in [0.25, 0.3) is 5.91 Å². The van der Waals surface area contributed by atoms with E-state index >= 15 is 0 Å². The first-order valence-corrected chi connectivity index (χ1v) is 12.5. The van der Waals surface area contributed by atoms with Gasteiger partial charge in [0.05, 0.1) is 0 Å². The monoisotopic (exact) mass is 571 g/mol. The Hall–Kier alpha value is -2.29. The molecule has 11 heteroatoms. The van der Waals surface area contributed by atoms with Crippen LogP contribution >= 0.6 is 58.2 Å². The lowest BCUT2D eigenvalue weighted by molar-refractivity contribution is 0.102. The number of aryl methyl sites for hydroxylation is 2. The van der Waals surface area contributed by atoms with Gasteiger partial charge in [0.15, 0.2) is 0 Å². The third-order valence-electron chi connectivity index (χ3n) is 4.70. The van der Waals surface area contributed by atoms with Crippen LogP contribution in [0.2, 0.25) is 5.02 Å². The first kappa shape index (κ1) is 27.3. The van der Waals surface area contributed by atoms with Crippen LogP contribution in [0.5, 0.6) is 0 Å². The minimum absolute atomic E-state index is 0.265. The lowest BCUT2D eigenvalue weighted by Crippen LogP contribution is -2.21. The molecule has 6 nitrogen and oxygen atoms in total. The standard InChI is InChI=1S/C24H21Cl4N3O3S/c1-13-9-16(25)10-14(2)21(13)31-22(32)15-3-8-20(19(29)11-15)35-18-6-4-17(5-7-18)30-23(33)34-12-24(26,27)28/h3-11H,12,29H2,1-2H3,(H,30,33)(H,31,32). The summed E-state index contributed by atoms with van der Waals surface area (Å²) in [5, 5.41) is 6.09. The zero-order valence-electron chi connectivity index (χ0n) is 18.6. The number of benzene rings is 3. The summed E-state index contributed by atoms with van der Waals surface area (Å²) in [7, 11) is 0. The molecule has 3 aromatic carbocycles. The number of nitrogens with one attached hydrogen (secondary N) is 2. The van der Waals surface area contributed by atoms with Crippen LogP contribution in [0.4, 0.5) is 21.9 Å². The zero-order chi connectivity index (χ0) is 25.8. The predicted molar refractivity (Wildman–Crippen MR) is 146 cm³/mol. The van der Waals surface area contributed by atoms with E-state index in [1.165, 1.54) is 11.8 Å². The highest BCUT2D eigenvalue weighted by Gasteiger charge is 2.22. The number of ether oxygens (including phenoxy) is 1. The van der Waals surface area contributed by atoms with Crippen LogP contribution in [0.15, 0.2) is 64.4 Å². The molecule has 0 spiro atoms.